The summed E-state index contributed by atoms with van der Waals surface area (Å²) in [5.41, 5.74) is -0.0700. The SMILES string of the molecule is COc1cc(Br)cc(F)c1C(=O)NC(C)C. The second-order valence-electron chi connectivity index (χ2n) is 3.59. The zero-order valence-corrected chi connectivity index (χ0v) is 10.9. The molecule has 0 fully saturated rings. The third-order valence-corrected chi connectivity index (χ3v) is 2.34. The molecule has 1 aromatic carbocycles. The predicted octanol–water partition coefficient (Wildman–Crippen LogP) is 2.74. The van der Waals surface area contributed by atoms with Crippen LogP contribution in [-0.2, 0) is 0 Å². The van der Waals surface area contributed by atoms with Crippen molar-refractivity contribution in [2.75, 3.05) is 7.11 Å². The molecule has 0 aliphatic carbocycles. The van der Waals surface area contributed by atoms with Crippen molar-refractivity contribution in [3.05, 3.63) is 28.0 Å². The van der Waals surface area contributed by atoms with Crippen molar-refractivity contribution in [3.8, 4) is 5.75 Å². The first kappa shape index (κ1) is 13.0. The van der Waals surface area contributed by atoms with Crippen LogP contribution in [0.15, 0.2) is 16.6 Å². The largest absolute Gasteiger partial charge is 0.496 e. The summed E-state index contributed by atoms with van der Waals surface area (Å²) in [6, 6.07) is 2.73. The molecule has 1 amide bonds. The van der Waals surface area contributed by atoms with E-state index in [1.165, 1.54) is 13.2 Å². The monoisotopic (exact) mass is 289 g/mol. The van der Waals surface area contributed by atoms with E-state index in [1.807, 2.05) is 0 Å². The van der Waals surface area contributed by atoms with E-state index in [-0.39, 0.29) is 17.4 Å². The Kier molecular flexibility index (Phi) is 4.29. The highest BCUT2D eigenvalue weighted by Crippen LogP contribution is 2.26. The highest BCUT2D eigenvalue weighted by Gasteiger charge is 2.19. The predicted molar refractivity (Wildman–Crippen MR) is 63.3 cm³/mol. The van der Waals surface area contributed by atoms with E-state index in [0.717, 1.165) is 0 Å². The van der Waals surface area contributed by atoms with Gasteiger partial charge in [-0.2, -0.15) is 0 Å². The van der Waals surface area contributed by atoms with Gasteiger partial charge in [0.15, 0.2) is 0 Å². The molecule has 0 saturated heterocycles. The smallest absolute Gasteiger partial charge is 0.258 e. The topological polar surface area (TPSA) is 38.3 Å². The van der Waals surface area contributed by atoms with Crippen LogP contribution in [-0.4, -0.2) is 19.1 Å². The molecule has 0 radical (unpaired) electrons. The Morgan fingerprint density at radius 2 is 2.12 bits per heavy atom. The number of carbonyl (C=O) groups is 1. The van der Waals surface area contributed by atoms with Crippen molar-refractivity contribution in [2.45, 2.75) is 19.9 Å². The first-order chi connectivity index (χ1) is 7.45. The van der Waals surface area contributed by atoms with Crippen molar-refractivity contribution < 1.29 is 13.9 Å². The maximum absolute atomic E-state index is 13.6. The molecule has 0 aromatic heterocycles. The lowest BCUT2D eigenvalue weighted by atomic mass is 10.1. The summed E-state index contributed by atoms with van der Waals surface area (Å²) in [4.78, 5) is 11.7. The minimum Gasteiger partial charge on any atom is -0.496 e. The number of hydrogen-bond acceptors (Lipinski definition) is 2. The highest BCUT2D eigenvalue weighted by molar-refractivity contribution is 9.10. The van der Waals surface area contributed by atoms with Gasteiger partial charge in [-0.05, 0) is 26.0 Å². The minimum absolute atomic E-state index is 0.0553. The lowest BCUT2D eigenvalue weighted by Gasteiger charge is -2.12. The summed E-state index contributed by atoms with van der Waals surface area (Å²) in [7, 11) is 1.40. The summed E-state index contributed by atoms with van der Waals surface area (Å²) in [5.74, 6) is -0.869. The van der Waals surface area contributed by atoms with E-state index in [4.69, 9.17) is 4.74 Å². The molecule has 3 nitrogen and oxygen atoms in total. The highest BCUT2D eigenvalue weighted by atomic mass is 79.9. The molecule has 16 heavy (non-hydrogen) atoms. The number of nitrogens with one attached hydrogen (secondary N) is 1. The maximum atomic E-state index is 13.6. The lowest BCUT2D eigenvalue weighted by molar-refractivity contribution is 0.0935. The van der Waals surface area contributed by atoms with Crippen LogP contribution in [0.1, 0.15) is 24.2 Å². The van der Waals surface area contributed by atoms with Crippen molar-refractivity contribution in [2.24, 2.45) is 0 Å². The molecule has 0 spiro atoms. The van der Waals surface area contributed by atoms with E-state index in [2.05, 4.69) is 21.2 Å². The number of hydrogen-bond donors (Lipinski definition) is 1. The van der Waals surface area contributed by atoms with Crippen LogP contribution in [0.4, 0.5) is 4.39 Å². The van der Waals surface area contributed by atoms with Gasteiger partial charge in [0.05, 0.1) is 7.11 Å². The van der Waals surface area contributed by atoms with Crippen LogP contribution in [0.5, 0.6) is 5.75 Å². The zero-order valence-electron chi connectivity index (χ0n) is 9.30. The number of amides is 1. The van der Waals surface area contributed by atoms with Gasteiger partial charge in [0.25, 0.3) is 5.91 Å². The average Bonchev–Trinajstić information content (AvgIpc) is 2.14. The van der Waals surface area contributed by atoms with Crippen LogP contribution < -0.4 is 10.1 Å². The zero-order chi connectivity index (χ0) is 12.3. The Morgan fingerprint density at radius 1 is 1.50 bits per heavy atom. The second-order valence-corrected chi connectivity index (χ2v) is 4.51. The third-order valence-electron chi connectivity index (χ3n) is 1.89. The van der Waals surface area contributed by atoms with Crippen LogP contribution >= 0.6 is 15.9 Å². The summed E-state index contributed by atoms with van der Waals surface area (Å²) in [6.07, 6.45) is 0. The maximum Gasteiger partial charge on any atom is 0.258 e. The molecule has 0 aliphatic rings. The van der Waals surface area contributed by atoms with Gasteiger partial charge < -0.3 is 10.1 Å². The van der Waals surface area contributed by atoms with Crippen molar-refractivity contribution >= 4 is 21.8 Å². The third kappa shape index (κ3) is 2.95. The normalized spacial score (nSPS) is 10.4. The van der Waals surface area contributed by atoms with Gasteiger partial charge >= 0.3 is 0 Å². The molecule has 1 N–H and O–H groups in total. The van der Waals surface area contributed by atoms with Gasteiger partial charge in [-0.15, -0.1) is 0 Å². The van der Waals surface area contributed by atoms with Crippen molar-refractivity contribution in [1.82, 2.24) is 5.32 Å². The molecule has 0 unspecified atom stereocenters. The fourth-order valence-corrected chi connectivity index (χ4v) is 1.67. The van der Waals surface area contributed by atoms with Crippen LogP contribution in [0, 0.1) is 5.82 Å². The summed E-state index contributed by atoms with van der Waals surface area (Å²) in [5, 5.41) is 2.62. The summed E-state index contributed by atoms with van der Waals surface area (Å²) in [6.45, 7) is 3.61. The van der Waals surface area contributed by atoms with Gasteiger partial charge in [0, 0.05) is 10.5 Å². The number of halogens is 2. The lowest BCUT2D eigenvalue weighted by Crippen LogP contribution is -2.31. The fourth-order valence-electron chi connectivity index (χ4n) is 1.27. The first-order valence-electron chi connectivity index (χ1n) is 4.79. The van der Waals surface area contributed by atoms with E-state index < -0.39 is 11.7 Å². The second kappa shape index (κ2) is 5.30. The van der Waals surface area contributed by atoms with Crippen molar-refractivity contribution in [3.63, 3.8) is 0 Å². The van der Waals surface area contributed by atoms with Gasteiger partial charge in [0.1, 0.15) is 17.1 Å². The molecule has 5 heteroatoms. The number of ether oxygens (including phenoxy) is 1. The number of carbonyl (C=O) groups excluding carboxylic acids is 1. The quantitative estimate of drug-likeness (QED) is 0.929. The van der Waals surface area contributed by atoms with Crippen LogP contribution in [0.2, 0.25) is 0 Å². The molecule has 1 rings (SSSR count). The molecular formula is C11H13BrFNO2. The molecule has 0 heterocycles. The summed E-state index contributed by atoms with van der Waals surface area (Å²) < 4.78 is 19.1. The molecular weight excluding hydrogens is 277 g/mol. The van der Waals surface area contributed by atoms with Crippen LogP contribution in [0.25, 0.3) is 0 Å². The summed E-state index contributed by atoms with van der Waals surface area (Å²) >= 11 is 3.14. The Hall–Kier alpha value is -1.10. The van der Waals surface area contributed by atoms with Gasteiger partial charge in [-0.1, -0.05) is 15.9 Å². The first-order valence-corrected chi connectivity index (χ1v) is 5.59. The minimum atomic E-state index is -0.607. The molecule has 0 atom stereocenters. The molecule has 1 aromatic rings. The molecule has 0 bridgehead atoms. The van der Waals surface area contributed by atoms with E-state index in [1.54, 1.807) is 19.9 Å². The molecule has 0 saturated carbocycles. The van der Waals surface area contributed by atoms with Gasteiger partial charge in [-0.3, -0.25) is 4.79 Å². The van der Waals surface area contributed by atoms with Crippen LogP contribution in [0.3, 0.4) is 0 Å². The van der Waals surface area contributed by atoms with Gasteiger partial charge in [0.2, 0.25) is 0 Å². The van der Waals surface area contributed by atoms with Crippen molar-refractivity contribution in [1.29, 1.82) is 0 Å². The fraction of sp³-hybridized carbons (Fsp3) is 0.364. The van der Waals surface area contributed by atoms with E-state index >= 15 is 0 Å². The Morgan fingerprint density at radius 3 is 2.62 bits per heavy atom. The average molecular weight is 290 g/mol. The Bertz CT molecular complexity index is 407. The van der Waals surface area contributed by atoms with E-state index in [0.29, 0.717) is 4.47 Å². The number of rotatable bonds is 3. The molecule has 88 valence electrons. The standard InChI is InChI=1S/C11H13BrFNO2/c1-6(2)14-11(15)10-8(13)4-7(12)5-9(10)16-3/h4-6H,1-3H3,(H,14,15). The van der Waals surface area contributed by atoms with E-state index in [9.17, 15) is 9.18 Å². The Balaban J connectivity index is 3.16. The number of benzene rings is 1. The van der Waals surface area contributed by atoms with Gasteiger partial charge in [-0.25, -0.2) is 4.39 Å². The molecule has 0 aliphatic heterocycles. The Labute approximate surface area is 102 Å². The number of methoxy groups -OCH3 is 1.